The Hall–Kier alpha value is -1.44. The molecule has 2 heteroatoms. The second-order valence-corrected chi connectivity index (χ2v) is 3.37. The van der Waals surface area contributed by atoms with Gasteiger partial charge in [-0.1, -0.05) is 30.7 Å². The molecule has 0 bridgehead atoms. The first-order chi connectivity index (χ1) is 6.65. The Morgan fingerprint density at radius 3 is 2.57 bits per heavy atom. The monoisotopic (exact) mass is 190 g/mol. The van der Waals surface area contributed by atoms with E-state index in [0.717, 1.165) is 12.0 Å². The van der Waals surface area contributed by atoms with Gasteiger partial charge in [-0.3, -0.25) is 9.59 Å². The summed E-state index contributed by atoms with van der Waals surface area (Å²) in [4.78, 5) is 22.8. The summed E-state index contributed by atoms with van der Waals surface area (Å²) in [5.41, 5.74) is 1.50. The molecule has 0 aliphatic rings. The van der Waals surface area contributed by atoms with Crippen LogP contribution in [-0.2, 0) is 4.79 Å². The summed E-state index contributed by atoms with van der Waals surface area (Å²) in [7, 11) is 0. The van der Waals surface area contributed by atoms with Crippen LogP contribution < -0.4 is 0 Å². The maximum atomic E-state index is 11.5. The minimum atomic E-state index is -0.365. The topological polar surface area (TPSA) is 34.1 Å². The van der Waals surface area contributed by atoms with E-state index in [9.17, 15) is 9.59 Å². The number of aryl methyl sites for hydroxylation is 1. The van der Waals surface area contributed by atoms with Crippen LogP contribution in [0.3, 0.4) is 0 Å². The highest BCUT2D eigenvalue weighted by molar-refractivity contribution is 6.43. The Morgan fingerprint density at radius 1 is 1.29 bits per heavy atom. The molecule has 2 nitrogen and oxygen atoms in total. The number of ketones is 2. The van der Waals surface area contributed by atoms with E-state index in [1.807, 2.05) is 19.9 Å². The highest BCUT2D eigenvalue weighted by Gasteiger charge is 2.14. The molecule has 0 heterocycles. The summed E-state index contributed by atoms with van der Waals surface area (Å²) < 4.78 is 0. The number of benzene rings is 1. The maximum absolute atomic E-state index is 11.5. The molecule has 0 atom stereocenters. The van der Waals surface area contributed by atoms with E-state index in [2.05, 4.69) is 0 Å². The molecule has 0 saturated carbocycles. The van der Waals surface area contributed by atoms with Crippen molar-refractivity contribution in [3.63, 3.8) is 0 Å². The van der Waals surface area contributed by atoms with E-state index in [1.54, 1.807) is 18.2 Å². The van der Waals surface area contributed by atoms with Crippen molar-refractivity contribution in [3.05, 3.63) is 35.4 Å². The molecule has 1 aromatic carbocycles. The number of carbonyl (C=O) groups excluding carboxylic acids is 2. The van der Waals surface area contributed by atoms with Crippen LogP contribution in [0.2, 0.25) is 0 Å². The zero-order valence-corrected chi connectivity index (χ0v) is 8.54. The summed E-state index contributed by atoms with van der Waals surface area (Å²) in [6.07, 6.45) is 1.06. The lowest BCUT2D eigenvalue weighted by atomic mass is 10.0. The Balaban J connectivity index is 2.84. The molecule has 0 N–H and O–H groups in total. The lowest BCUT2D eigenvalue weighted by molar-refractivity contribution is -0.115. The fourth-order valence-electron chi connectivity index (χ4n) is 1.29. The second-order valence-electron chi connectivity index (χ2n) is 3.37. The van der Waals surface area contributed by atoms with Crippen LogP contribution in [0.5, 0.6) is 0 Å². The van der Waals surface area contributed by atoms with Crippen molar-refractivity contribution < 1.29 is 9.59 Å². The number of Topliss-reactive ketones (excluding diaryl/α,β-unsaturated/α-hetero) is 2. The fraction of sp³-hybridized carbons (Fsp3) is 0.333. The predicted octanol–water partition coefficient (Wildman–Crippen LogP) is 2.55. The van der Waals surface area contributed by atoms with Crippen molar-refractivity contribution in [1.29, 1.82) is 0 Å². The Kier molecular flexibility index (Phi) is 3.57. The first kappa shape index (κ1) is 10.6. The van der Waals surface area contributed by atoms with Gasteiger partial charge in [-0.05, 0) is 19.4 Å². The summed E-state index contributed by atoms with van der Waals surface area (Å²) >= 11 is 0. The standard InChI is InChI=1S/C12H14O2/c1-3-5-11(13)12(14)10-7-4-6-9(2)8-10/h4,6-8H,3,5H2,1-2H3. The molecule has 0 aromatic heterocycles. The van der Waals surface area contributed by atoms with Crippen molar-refractivity contribution in [2.24, 2.45) is 0 Å². The number of hydrogen-bond donors (Lipinski definition) is 0. The molecule has 0 aliphatic carbocycles. The lowest BCUT2D eigenvalue weighted by Gasteiger charge is -1.99. The molecular weight excluding hydrogens is 176 g/mol. The SMILES string of the molecule is CCCC(=O)C(=O)c1cccc(C)c1. The molecule has 1 rings (SSSR count). The maximum Gasteiger partial charge on any atom is 0.228 e. The second kappa shape index (κ2) is 4.70. The van der Waals surface area contributed by atoms with Crippen LogP contribution >= 0.6 is 0 Å². The molecule has 14 heavy (non-hydrogen) atoms. The molecule has 0 radical (unpaired) electrons. The quantitative estimate of drug-likeness (QED) is 0.540. The average molecular weight is 190 g/mol. The molecule has 74 valence electrons. The Bertz CT molecular complexity index is 353. The molecular formula is C12H14O2. The Morgan fingerprint density at radius 2 is 2.00 bits per heavy atom. The minimum Gasteiger partial charge on any atom is -0.290 e. The number of carbonyl (C=O) groups is 2. The van der Waals surface area contributed by atoms with Crippen molar-refractivity contribution in [3.8, 4) is 0 Å². The number of rotatable bonds is 4. The third-order valence-electron chi connectivity index (χ3n) is 2.01. The largest absolute Gasteiger partial charge is 0.290 e. The van der Waals surface area contributed by atoms with Crippen LogP contribution in [0.4, 0.5) is 0 Å². The van der Waals surface area contributed by atoms with Crippen LogP contribution in [0, 0.1) is 6.92 Å². The molecule has 0 unspecified atom stereocenters. The van der Waals surface area contributed by atoms with E-state index >= 15 is 0 Å². The zero-order chi connectivity index (χ0) is 10.6. The van der Waals surface area contributed by atoms with Crippen molar-refractivity contribution in [1.82, 2.24) is 0 Å². The molecule has 0 amide bonds. The van der Waals surface area contributed by atoms with E-state index in [4.69, 9.17) is 0 Å². The van der Waals surface area contributed by atoms with Gasteiger partial charge >= 0.3 is 0 Å². The van der Waals surface area contributed by atoms with Crippen LogP contribution in [0.15, 0.2) is 24.3 Å². The predicted molar refractivity (Wildman–Crippen MR) is 55.4 cm³/mol. The summed E-state index contributed by atoms with van der Waals surface area (Å²) in [6, 6.07) is 7.13. The molecule has 0 aliphatic heterocycles. The summed E-state index contributed by atoms with van der Waals surface area (Å²) in [5, 5.41) is 0. The van der Waals surface area contributed by atoms with Gasteiger partial charge in [0.15, 0.2) is 0 Å². The van der Waals surface area contributed by atoms with Gasteiger partial charge in [-0.2, -0.15) is 0 Å². The lowest BCUT2D eigenvalue weighted by Crippen LogP contribution is -2.13. The fourth-order valence-corrected chi connectivity index (χ4v) is 1.29. The Labute approximate surface area is 83.9 Å². The summed E-state index contributed by atoms with van der Waals surface area (Å²) in [6.45, 7) is 3.79. The van der Waals surface area contributed by atoms with Crippen LogP contribution in [0.1, 0.15) is 35.7 Å². The van der Waals surface area contributed by atoms with Crippen LogP contribution in [0.25, 0.3) is 0 Å². The summed E-state index contributed by atoms with van der Waals surface area (Å²) in [5.74, 6) is -0.659. The van der Waals surface area contributed by atoms with Gasteiger partial charge in [0.25, 0.3) is 0 Å². The first-order valence-electron chi connectivity index (χ1n) is 4.79. The van der Waals surface area contributed by atoms with Gasteiger partial charge in [0, 0.05) is 12.0 Å². The van der Waals surface area contributed by atoms with E-state index in [-0.39, 0.29) is 11.6 Å². The van der Waals surface area contributed by atoms with E-state index < -0.39 is 0 Å². The van der Waals surface area contributed by atoms with Gasteiger partial charge in [-0.25, -0.2) is 0 Å². The smallest absolute Gasteiger partial charge is 0.228 e. The zero-order valence-electron chi connectivity index (χ0n) is 8.54. The van der Waals surface area contributed by atoms with E-state index in [0.29, 0.717) is 12.0 Å². The van der Waals surface area contributed by atoms with Crippen molar-refractivity contribution in [2.45, 2.75) is 26.7 Å². The van der Waals surface area contributed by atoms with Crippen molar-refractivity contribution >= 4 is 11.6 Å². The first-order valence-corrected chi connectivity index (χ1v) is 4.79. The van der Waals surface area contributed by atoms with Gasteiger partial charge in [0.05, 0.1) is 0 Å². The third-order valence-corrected chi connectivity index (χ3v) is 2.01. The number of hydrogen-bond acceptors (Lipinski definition) is 2. The highest BCUT2D eigenvalue weighted by atomic mass is 16.2. The van der Waals surface area contributed by atoms with Crippen molar-refractivity contribution in [2.75, 3.05) is 0 Å². The molecule has 1 aromatic rings. The van der Waals surface area contributed by atoms with Gasteiger partial charge < -0.3 is 0 Å². The minimum absolute atomic E-state index is 0.293. The average Bonchev–Trinajstić information content (AvgIpc) is 2.17. The highest BCUT2D eigenvalue weighted by Crippen LogP contribution is 2.07. The normalized spacial score (nSPS) is 9.86. The molecule has 0 saturated heterocycles. The van der Waals surface area contributed by atoms with Gasteiger partial charge in [0.2, 0.25) is 11.6 Å². The van der Waals surface area contributed by atoms with Crippen LogP contribution in [-0.4, -0.2) is 11.6 Å². The van der Waals surface area contributed by atoms with Gasteiger partial charge in [0.1, 0.15) is 0 Å². The molecule has 0 fully saturated rings. The van der Waals surface area contributed by atoms with E-state index in [1.165, 1.54) is 0 Å². The van der Waals surface area contributed by atoms with Gasteiger partial charge in [-0.15, -0.1) is 0 Å². The molecule has 0 spiro atoms. The third kappa shape index (κ3) is 2.52.